The van der Waals surface area contributed by atoms with E-state index < -0.39 is 17.8 Å². The summed E-state index contributed by atoms with van der Waals surface area (Å²) in [4.78, 5) is 15.1. The molecule has 0 bridgehead atoms. The van der Waals surface area contributed by atoms with E-state index >= 15 is 0 Å². The molecule has 10 heteroatoms. The van der Waals surface area contributed by atoms with E-state index in [-0.39, 0.29) is 10.7 Å². The van der Waals surface area contributed by atoms with Crippen molar-refractivity contribution in [3.63, 3.8) is 0 Å². The Balaban J connectivity index is 2.05. The van der Waals surface area contributed by atoms with Crippen LogP contribution < -0.4 is 10.6 Å². The van der Waals surface area contributed by atoms with E-state index in [1.54, 1.807) is 0 Å². The Hall–Kier alpha value is -2.23. The maximum atomic E-state index is 12.3. The predicted octanol–water partition coefficient (Wildman–Crippen LogP) is 2.64. The minimum Gasteiger partial charge on any atom is -0.360 e. The Morgan fingerprint density at radius 1 is 1.33 bits per heavy atom. The van der Waals surface area contributed by atoms with Crippen LogP contribution in [0.5, 0.6) is 0 Å². The molecule has 0 aliphatic heterocycles. The van der Waals surface area contributed by atoms with Gasteiger partial charge in [0.05, 0.1) is 11.9 Å². The number of pyridine rings is 1. The molecule has 0 saturated carbocycles. The normalized spacial score (nSPS) is 11.2. The topological polar surface area (TPSA) is 79.8 Å². The van der Waals surface area contributed by atoms with Crippen LogP contribution in [0.25, 0.3) is 0 Å². The van der Waals surface area contributed by atoms with Crippen molar-refractivity contribution < 1.29 is 18.0 Å². The van der Waals surface area contributed by atoms with E-state index in [2.05, 4.69) is 25.8 Å². The Morgan fingerprint density at radius 2 is 2.10 bits per heavy atom. The van der Waals surface area contributed by atoms with E-state index in [1.165, 1.54) is 0 Å². The van der Waals surface area contributed by atoms with Gasteiger partial charge in [0.1, 0.15) is 5.69 Å². The van der Waals surface area contributed by atoms with Crippen LogP contribution in [0.1, 0.15) is 22.4 Å². The molecule has 0 aromatic carbocycles. The molecular weight excluding hydrogens is 307 g/mol. The summed E-state index contributed by atoms with van der Waals surface area (Å²) in [6, 6.07) is 1.92. The Kier molecular flexibility index (Phi) is 4.36. The number of nitrogens with one attached hydrogen (secondary N) is 2. The zero-order valence-corrected chi connectivity index (χ0v) is 11.5. The number of alkyl halides is 3. The zero-order chi connectivity index (χ0) is 15.5. The number of amides is 1. The summed E-state index contributed by atoms with van der Waals surface area (Å²) in [5, 5.41) is 13.3. The van der Waals surface area contributed by atoms with Gasteiger partial charge in [0.2, 0.25) is 10.1 Å². The van der Waals surface area contributed by atoms with Crippen molar-refractivity contribution in [2.75, 3.05) is 17.2 Å². The van der Waals surface area contributed by atoms with Crippen molar-refractivity contribution in [3.05, 3.63) is 29.0 Å². The molecule has 2 heterocycles. The minimum absolute atomic E-state index is 0.103. The maximum Gasteiger partial charge on any atom is 0.433 e. The van der Waals surface area contributed by atoms with Gasteiger partial charge in [-0.05, 0) is 19.1 Å². The van der Waals surface area contributed by atoms with Gasteiger partial charge in [-0.1, -0.05) is 11.3 Å². The van der Waals surface area contributed by atoms with Crippen molar-refractivity contribution in [3.8, 4) is 0 Å². The SMILES string of the molecule is CCNc1nnc(C(=O)Nc2ccc(C(F)(F)F)nc2)s1. The van der Waals surface area contributed by atoms with Gasteiger partial charge in [0, 0.05) is 6.54 Å². The van der Waals surface area contributed by atoms with Crippen LogP contribution in [0.4, 0.5) is 24.0 Å². The number of nitrogens with zero attached hydrogens (tertiary/aromatic N) is 3. The van der Waals surface area contributed by atoms with Crippen LogP contribution in [0, 0.1) is 0 Å². The average Bonchev–Trinajstić information content (AvgIpc) is 2.87. The van der Waals surface area contributed by atoms with Crippen molar-refractivity contribution in [2.45, 2.75) is 13.1 Å². The van der Waals surface area contributed by atoms with Gasteiger partial charge in [0.15, 0.2) is 0 Å². The lowest BCUT2D eigenvalue weighted by Crippen LogP contribution is -2.13. The number of anilines is 2. The van der Waals surface area contributed by atoms with Gasteiger partial charge >= 0.3 is 6.18 Å². The van der Waals surface area contributed by atoms with Crippen LogP contribution in [0.2, 0.25) is 0 Å². The van der Waals surface area contributed by atoms with Crippen LogP contribution >= 0.6 is 11.3 Å². The smallest absolute Gasteiger partial charge is 0.360 e. The van der Waals surface area contributed by atoms with E-state index in [9.17, 15) is 18.0 Å². The summed E-state index contributed by atoms with van der Waals surface area (Å²) < 4.78 is 37.0. The molecule has 1 amide bonds. The van der Waals surface area contributed by atoms with Crippen molar-refractivity contribution in [2.24, 2.45) is 0 Å². The third-order valence-electron chi connectivity index (χ3n) is 2.26. The van der Waals surface area contributed by atoms with Crippen molar-refractivity contribution in [1.29, 1.82) is 0 Å². The molecule has 2 aromatic rings. The van der Waals surface area contributed by atoms with Crippen LogP contribution in [0.15, 0.2) is 18.3 Å². The molecule has 0 atom stereocenters. The van der Waals surface area contributed by atoms with E-state index in [0.717, 1.165) is 29.7 Å². The molecule has 2 rings (SSSR count). The fraction of sp³-hybridized carbons (Fsp3) is 0.273. The number of carbonyl (C=O) groups excluding carboxylic acids is 1. The summed E-state index contributed by atoms with van der Waals surface area (Å²) in [7, 11) is 0. The molecule has 0 fully saturated rings. The van der Waals surface area contributed by atoms with E-state index in [1.807, 2.05) is 6.92 Å². The first kappa shape index (κ1) is 15.2. The fourth-order valence-corrected chi connectivity index (χ4v) is 2.06. The number of hydrogen-bond acceptors (Lipinski definition) is 6. The number of hydrogen-bond donors (Lipinski definition) is 2. The highest BCUT2D eigenvalue weighted by Crippen LogP contribution is 2.27. The molecule has 2 N–H and O–H groups in total. The number of carbonyl (C=O) groups is 1. The first-order valence-corrected chi connectivity index (χ1v) is 6.63. The van der Waals surface area contributed by atoms with E-state index in [4.69, 9.17) is 0 Å². The van der Waals surface area contributed by atoms with Gasteiger partial charge in [-0.15, -0.1) is 10.2 Å². The average molecular weight is 317 g/mol. The molecule has 6 nitrogen and oxygen atoms in total. The second-order valence-corrected chi connectivity index (χ2v) is 4.80. The Bertz CT molecular complexity index is 626. The Morgan fingerprint density at radius 3 is 2.67 bits per heavy atom. The highest BCUT2D eigenvalue weighted by molar-refractivity contribution is 7.17. The highest BCUT2D eigenvalue weighted by Gasteiger charge is 2.32. The summed E-state index contributed by atoms with van der Waals surface area (Å²) in [6.07, 6.45) is -3.57. The second kappa shape index (κ2) is 6.04. The zero-order valence-electron chi connectivity index (χ0n) is 10.7. The molecule has 0 spiro atoms. The third kappa shape index (κ3) is 3.88. The first-order valence-electron chi connectivity index (χ1n) is 5.82. The number of aromatic nitrogens is 3. The highest BCUT2D eigenvalue weighted by atomic mass is 32.1. The van der Waals surface area contributed by atoms with Gasteiger partial charge in [-0.3, -0.25) is 4.79 Å². The van der Waals surface area contributed by atoms with Gasteiger partial charge in [-0.25, -0.2) is 4.98 Å². The lowest BCUT2D eigenvalue weighted by molar-refractivity contribution is -0.141. The van der Waals surface area contributed by atoms with E-state index in [0.29, 0.717) is 11.7 Å². The number of rotatable bonds is 4. The molecule has 0 aliphatic rings. The monoisotopic (exact) mass is 317 g/mol. The van der Waals surface area contributed by atoms with Gasteiger partial charge in [0.25, 0.3) is 5.91 Å². The lowest BCUT2D eigenvalue weighted by Gasteiger charge is -2.06. The largest absolute Gasteiger partial charge is 0.433 e. The van der Waals surface area contributed by atoms with Crippen molar-refractivity contribution >= 4 is 28.1 Å². The summed E-state index contributed by atoms with van der Waals surface area (Å²) in [5.41, 5.74) is -0.876. The fourth-order valence-electron chi connectivity index (χ4n) is 1.36. The maximum absolute atomic E-state index is 12.3. The van der Waals surface area contributed by atoms with Crippen LogP contribution in [-0.4, -0.2) is 27.6 Å². The van der Waals surface area contributed by atoms with Crippen LogP contribution in [-0.2, 0) is 6.18 Å². The summed E-state index contributed by atoms with van der Waals surface area (Å²) in [5.74, 6) is -0.557. The lowest BCUT2D eigenvalue weighted by atomic mass is 10.3. The molecular formula is C11H10F3N5OS. The summed E-state index contributed by atoms with van der Waals surface area (Å²) >= 11 is 1.05. The Labute approximate surface area is 121 Å². The quantitative estimate of drug-likeness (QED) is 0.906. The van der Waals surface area contributed by atoms with Crippen LogP contribution in [0.3, 0.4) is 0 Å². The standard InChI is InChI=1S/C11H10F3N5OS/c1-2-15-10-19-18-9(21-10)8(20)17-6-3-4-7(16-5-6)11(12,13)14/h3-5H,2H2,1H3,(H,15,19)(H,17,20). The molecule has 112 valence electrons. The van der Waals surface area contributed by atoms with Gasteiger partial charge in [-0.2, -0.15) is 13.2 Å². The molecule has 0 unspecified atom stereocenters. The van der Waals surface area contributed by atoms with Gasteiger partial charge < -0.3 is 10.6 Å². The first-order chi connectivity index (χ1) is 9.90. The molecule has 0 saturated heterocycles. The third-order valence-corrected chi connectivity index (χ3v) is 3.14. The molecule has 0 aliphatic carbocycles. The second-order valence-electron chi connectivity index (χ2n) is 3.83. The molecule has 21 heavy (non-hydrogen) atoms. The number of halogens is 3. The predicted molar refractivity (Wildman–Crippen MR) is 71.3 cm³/mol. The molecule has 2 aromatic heterocycles. The summed E-state index contributed by atoms with van der Waals surface area (Å²) in [6.45, 7) is 2.51. The van der Waals surface area contributed by atoms with Crippen molar-refractivity contribution in [1.82, 2.24) is 15.2 Å². The molecule has 0 radical (unpaired) electrons. The minimum atomic E-state index is -4.51.